The van der Waals surface area contributed by atoms with Crippen LogP contribution in [-0.4, -0.2) is 64.4 Å². The molecule has 0 aromatic carbocycles. The van der Waals surface area contributed by atoms with Gasteiger partial charge in [0.2, 0.25) is 5.95 Å². The number of hydrogen-bond donors (Lipinski definition) is 6. The van der Waals surface area contributed by atoms with Crippen LogP contribution >= 0.6 is 23.8 Å². The molecule has 1 fully saturated rings. The van der Waals surface area contributed by atoms with Crippen molar-refractivity contribution in [2.45, 2.75) is 24.5 Å². The van der Waals surface area contributed by atoms with Crippen LogP contribution in [0.4, 0.5) is 5.95 Å². The molecule has 7 N–H and O–H groups in total. The fourth-order valence-corrected chi connectivity index (χ4v) is 3.69. The number of aromatic amines is 1. The Morgan fingerprint density at radius 3 is 2.72 bits per heavy atom. The molecule has 1 saturated heterocycles. The molecule has 4 atom stereocenters. The van der Waals surface area contributed by atoms with E-state index in [4.69, 9.17) is 20.3 Å². The third-order valence-corrected chi connectivity index (χ3v) is 4.61. The minimum absolute atomic E-state index is 0.0364. The first-order chi connectivity index (χ1) is 11.6. The maximum atomic E-state index is 11.9. The van der Waals surface area contributed by atoms with Gasteiger partial charge < -0.3 is 30.5 Å². The molecule has 2 aromatic heterocycles. The first-order valence-corrected chi connectivity index (χ1v) is 9.06. The molecule has 3 heterocycles. The van der Waals surface area contributed by atoms with E-state index in [-0.39, 0.29) is 21.8 Å². The second-order valence-electron chi connectivity index (χ2n) is 5.17. The summed E-state index contributed by atoms with van der Waals surface area (Å²) in [5, 5.41) is 19.7. The number of phosphoric ester groups is 1. The number of imidazole rings is 1. The van der Waals surface area contributed by atoms with Crippen molar-refractivity contribution in [3.05, 3.63) is 15.1 Å². The number of fused-ring (bicyclic) bond motifs is 1. The lowest BCUT2D eigenvalue weighted by molar-refractivity contribution is -0.0519. The number of nitrogens with two attached hydrogens (primary N) is 1. The summed E-state index contributed by atoms with van der Waals surface area (Å²) in [4.78, 5) is 40.0. The van der Waals surface area contributed by atoms with E-state index in [2.05, 4.69) is 35.4 Å². The summed E-state index contributed by atoms with van der Waals surface area (Å²) in [6, 6.07) is 0. The lowest BCUT2D eigenvalue weighted by Crippen LogP contribution is -2.35. The molecule has 0 bridgehead atoms. The fraction of sp³-hybridized carbons (Fsp3) is 0.500. The number of nitrogen functional groups attached to an aromatic ring is 1. The van der Waals surface area contributed by atoms with Crippen molar-refractivity contribution in [1.82, 2.24) is 19.5 Å². The number of H-pyrrole nitrogens is 1. The second-order valence-corrected chi connectivity index (χ2v) is 7.07. The van der Waals surface area contributed by atoms with Gasteiger partial charge in [0.05, 0.1) is 6.61 Å². The van der Waals surface area contributed by atoms with E-state index in [0.29, 0.717) is 0 Å². The summed E-state index contributed by atoms with van der Waals surface area (Å²) < 4.78 is 22.2. The van der Waals surface area contributed by atoms with Gasteiger partial charge in [-0.05, 0) is 15.9 Å². The molecule has 138 valence electrons. The maximum absolute atomic E-state index is 11.9. The average molecular weight is 442 g/mol. The van der Waals surface area contributed by atoms with Crippen molar-refractivity contribution in [1.29, 1.82) is 0 Å². The van der Waals surface area contributed by atoms with Crippen LogP contribution < -0.4 is 11.3 Å². The molecule has 13 nitrogen and oxygen atoms in total. The van der Waals surface area contributed by atoms with Crippen LogP contribution in [0.1, 0.15) is 6.23 Å². The third-order valence-electron chi connectivity index (χ3n) is 3.53. The molecule has 0 radical (unpaired) electrons. The van der Waals surface area contributed by atoms with Gasteiger partial charge in [0.1, 0.15) is 18.3 Å². The van der Waals surface area contributed by atoms with Crippen molar-refractivity contribution in [2.24, 2.45) is 0 Å². The Balaban J connectivity index is 2.08. The van der Waals surface area contributed by atoms with Crippen LogP contribution in [0, 0.1) is 0 Å². The maximum Gasteiger partial charge on any atom is 0.470 e. The van der Waals surface area contributed by atoms with Crippen molar-refractivity contribution >= 4 is 40.9 Å². The minimum atomic E-state index is -4.96. The number of anilines is 1. The molecule has 0 amide bonds. The summed E-state index contributed by atoms with van der Waals surface area (Å²) in [5.41, 5.74) is 4.74. The van der Waals surface area contributed by atoms with Gasteiger partial charge in [0.15, 0.2) is 22.1 Å². The number of rotatable bonds is 4. The molecule has 0 saturated carbocycles. The van der Waals surface area contributed by atoms with Crippen LogP contribution in [0.15, 0.2) is 9.53 Å². The molecule has 0 spiro atoms. The van der Waals surface area contributed by atoms with E-state index in [1.165, 1.54) is 0 Å². The van der Waals surface area contributed by atoms with Crippen LogP contribution in [0.3, 0.4) is 0 Å². The summed E-state index contributed by atoms with van der Waals surface area (Å²) in [7, 11) is -4.96. The quantitative estimate of drug-likeness (QED) is 0.230. The van der Waals surface area contributed by atoms with Gasteiger partial charge in [-0.3, -0.25) is 18.9 Å². The minimum Gasteiger partial charge on any atom is -0.394 e. The lowest BCUT2D eigenvalue weighted by atomic mass is 10.1. The van der Waals surface area contributed by atoms with Crippen molar-refractivity contribution in [3.63, 3.8) is 0 Å². The summed E-state index contributed by atoms with van der Waals surface area (Å²) in [5.74, 6) is -0.208. The highest BCUT2D eigenvalue weighted by atomic mass is 79.9. The summed E-state index contributed by atoms with van der Waals surface area (Å²) >= 11 is 3.10. The number of nitrogens with one attached hydrogen (secondary N) is 1. The van der Waals surface area contributed by atoms with E-state index in [0.717, 1.165) is 4.57 Å². The van der Waals surface area contributed by atoms with E-state index >= 15 is 0 Å². The Kier molecular flexibility index (Phi) is 4.72. The van der Waals surface area contributed by atoms with E-state index in [1.807, 2.05) is 0 Å². The number of aromatic nitrogens is 4. The number of aliphatic hydroxyl groups is 2. The predicted octanol–water partition coefficient (Wildman–Crippen LogP) is -1.81. The largest absolute Gasteiger partial charge is 0.470 e. The first kappa shape index (κ1) is 18.4. The van der Waals surface area contributed by atoms with E-state index in [1.54, 1.807) is 0 Å². The van der Waals surface area contributed by atoms with Crippen LogP contribution in [0.5, 0.6) is 0 Å². The second kappa shape index (κ2) is 6.41. The lowest BCUT2D eigenvalue weighted by Gasteiger charge is -2.20. The topological polar surface area (TPSA) is 206 Å². The van der Waals surface area contributed by atoms with Crippen LogP contribution in [0.2, 0.25) is 0 Å². The molecule has 15 heteroatoms. The monoisotopic (exact) mass is 441 g/mol. The molecule has 2 aromatic rings. The van der Waals surface area contributed by atoms with Gasteiger partial charge in [-0.2, -0.15) is 4.98 Å². The molecular formula is C10H13BrN5O8P. The molecule has 25 heavy (non-hydrogen) atoms. The smallest absolute Gasteiger partial charge is 0.394 e. The zero-order valence-corrected chi connectivity index (χ0v) is 14.7. The van der Waals surface area contributed by atoms with E-state index in [9.17, 15) is 19.6 Å². The Labute approximate surface area is 146 Å². The zero-order valence-electron chi connectivity index (χ0n) is 12.2. The Morgan fingerprint density at radius 1 is 1.44 bits per heavy atom. The number of ether oxygens (including phenoxy) is 1. The highest BCUT2D eigenvalue weighted by Gasteiger charge is 2.49. The first-order valence-electron chi connectivity index (χ1n) is 6.74. The predicted molar refractivity (Wildman–Crippen MR) is 84.2 cm³/mol. The fourth-order valence-electron chi connectivity index (χ4n) is 2.57. The van der Waals surface area contributed by atoms with Gasteiger partial charge in [0, 0.05) is 0 Å². The highest BCUT2D eigenvalue weighted by Crippen LogP contribution is 2.44. The number of aliphatic hydroxyl groups excluding tert-OH is 2. The molecular weight excluding hydrogens is 429 g/mol. The third kappa shape index (κ3) is 3.35. The summed E-state index contributed by atoms with van der Waals surface area (Å²) in [6.07, 6.45) is -5.68. The van der Waals surface area contributed by atoms with Gasteiger partial charge in [0.25, 0.3) is 5.56 Å². The van der Waals surface area contributed by atoms with Gasteiger partial charge in [-0.25, -0.2) is 9.55 Å². The van der Waals surface area contributed by atoms with Crippen molar-refractivity contribution in [2.75, 3.05) is 12.3 Å². The highest BCUT2D eigenvalue weighted by molar-refractivity contribution is 9.10. The zero-order chi connectivity index (χ0) is 18.5. The van der Waals surface area contributed by atoms with Crippen LogP contribution in [-0.2, 0) is 13.8 Å². The number of hydrogen-bond acceptors (Lipinski definition) is 9. The molecule has 1 aliphatic heterocycles. The number of phosphoric acid groups is 1. The summed E-state index contributed by atoms with van der Waals surface area (Å²) in [6.45, 7) is -0.682. The Hall–Kier alpha value is -1.38. The standard InChI is InChI=1S/C10H13BrN5O8P/c11-9-13-3-6(14-10(12)15-7(3)19)16(9)8-4(18)5(2(1-17)23-8)24-25(20,21)22/h2,4-5,8,17-18H,1H2,(H2,20,21,22)(H3,12,14,15,19). The van der Waals surface area contributed by atoms with Gasteiger partial charge in [-0.15, -0.1) is 0 Å². The van der Waals surface area contributed by atoms with E-state index < -0.39 is 44.5 Å². The van der Waals surface area contributed by atoms with Crippen molar-refractivity contribution < 1.29 is 33.8 Å². The molecule has 0 aliphatic carbocycles. The molecule has 4 unspecified atom stereocenters. The van der Waals surface area contributed by atoms with Gasteiger partial charge in [-0.1, -0.05) is 0 Å². The van der Waals surface area contributed by atoms with Crippen LogP contribution in [0.25, 0.3) is 11.2 Å². The van der Waals surface area contributed by atoms with Crippen molar-refractivity contribution in [3.8, 4) is 0 Å². The molecule has 3 rings (SSSR count). The SMILES string of the molecule is Nc1nc2c(nc(Br)n2C2OC(CO)C(OP(=O)(O)O)C2O)c(=O)[nH]1. The number of nitrogens with zero attached hydrogens (tertiary/aromatic N) is 3. The Bertz CT molecular complexity index is 911. The average Bonchev–Trinajstić information content (AvgIpc) is 2.96. The Morgan fingerprint density at radius 2 is 2.12 bits per heavy atom. The normalized spacial score (nSPS) is 27.2. The van der Waals surface area contributed by atoms with Gasteiger partial charge >= 0.3 is 7.82 Å². The number of halogens is 1. The molecule has 1 aliphatic rings.